The van der Waals surface area contributed by atoms with Crippen molar-refractivity contribution < 1.29 is 4.79 Å². The van der Waals surface area contributed by atoms with Crippen LogP contribution >= 0.6 is 33.9 Å². The van der Waals surface area contributed by atoms with Crippen molar-refractivity contribution in [3.05, 3.63) is 70.7 Å². The zero-order valence-electron chi connectivity index (χ0n) is 17.1. The van der Waals surface area contributed by atoms with Gasteiger partial charge in [-0.1, -0.05) is 23.8 Å². The molecular formula is C23H20IN5OS. The molecule has 6 nitrogen and oxygen atoms in total. The summed E-state index contributed by atoms with van der Waals surface area (Å²) in [5, 5.41) is 3.57. The van der Waals surface area contributed by atoms with Crippen LogP contribution in [0.4, 0.5) is 5.82 Å². The lowest BCUT2D eigenvalue weighted by atomic mass is 10.1. The van der Waals surface area contributed by atoms with Crippen LogP contribution in [-0.2, 0) is 11.3 Å². The van der Waals surface area contributed by atoms with Gasteiger partial charge < -0.3 is 9.88 Å². The molecule has 3 heterocycles. The molecule has 4 aromatic rings. The van der Waals surface area contributed by atoms with Gasteiger partial charge in [-0.15, -0.1) is 17.9 Å². The number of nitrogens with zero attached hydrogens (tertiary/aromatic N) is 4. The maximum absolute atomic E-state index is 11.4. The SMILES string of the molecule is C=CCn1ccnc1-c1sc(-c2ccnc(NC(C)=O)c2)nc1-c1ccc(C)cc1I. The van der Waals surface area contributed by atoms with E-state index in [9.17, 15) is 4.79 Å². The summed E-state index contributed by atoms with van der Waals surface area (Å²) in [4.78, 5) is 26.3. The van der Waals surface area contributed by atoms with Crippen LogP contribution in [-0.4, -0.2) is 25.4 Å². The first kappa shape index (κ1) is 21.4. The molecule has 0 radical (unpaired) electrons. The number of rotatable bonds is 6. The molecule has 0 aliphatic heterocycles. The molecule has 1 aromatic carbocycles. The highest BCUT2D eigenvalue weighted by atomic mass is 127. The van der Waals surface area contributed by atoms with Gasteiger partial charge in [-0.2, -0.15) is 0 Å². The average Bonchev–Trinajstić information content (AvgIpc) is 3.35. The van der Waals surface area contributed by atoms with Crippen LogP contribution in [0.3, 0.4) is 0 Å². The molecule has 0 unspecified atom stereocenters. The van der Waals surface area contributed by atoms with Gasteiger partial charge >= 0.3 is 0 Å². The molecule has 0 saturated heterocycles. The predicted molar refractivity (Wildman–Crippen MR) is 134 cm³/mol. The first-order valence-corrected chi connectivity index (χ1v) is 11.5. The zero-order valence-corrected chi connectivity index (χ0v) is 20.1. The minimum atomic E-state index is -0.161. The Balaban J connectivity index is 1.89. The number of carbonyl (C=O) groups excluding carboxylic acids is 1. The Bertz CT molecular complexity index is 1280. The molecule has 0 bridgehead atoms. The molecule has 0 atom stereocenters. The molecule has 1 N–H and O–H groups in total. The number of benzene rings is 1. The first-order chi connectivity index (χ1) is 15.0. The third-order valence-electron chi connectivity index (χ3n) is 4.56. The summed E-state index contributed by atoms with van der Waals surface area (Å²) in [7, 11) is 0. The molecule has 0 spiro atoms. The van der Waals surface area contributed by atoms with Gasteiger partial charge in [-0.3, -0.25) is 4.79 Å². The zero-order chi connectivity index (χ0) is 22.0. The van der Waals surface area contributed by atoms with E-state index in [2.05, 4.69) is 74.1 Å². The predicted octanol–water partition coefficient (Wildman–Crippen LogP) is 5.79. The second kappa shape index (κ2) is 9.11. The minimum absolute atomic E-state index is 0.161. The van der Waals surface area contributed by atoms with E-state index in [-0.39, 0.29) is 5.91 Å². The van der Waals surface area contributed by atoms with Crippen molar-refractivity contribution in [2.45, 2.75) is 20.4 Å². The fourth-order valence-electron chi connectivity index (χ4n) is 3.21. The summed E-state index contributed by atoms with van der Waals surface area (Å²) in [5.74, 6) is 1.19. The lowest BCUT2D eigenvalue weighted by Gasteiger charge is -2.07. The number of aromatic nitrogens is 4. The number of halogens is 1. The van der Waals surface area contributed by atoms with Crippen LogP contribution in [0.25, 0.3) is 32.5 Å². The number of hydrogen-bond donors (Lipinski definition) is 1. The normalized spacial score (nSPS) is 10.8. The Morgan fingerprint density at radius 1 is 1.26 bits per heavy atom. The smallest absolute Gasteiger partial charge is 0.222 e. The third-order valence-corrected chi connectivity index (χ3v) is 6.56. The lowest BCUT2D eigenvalue weighted by molar-refractivity contribution is -0.114. The minimum Gasteiger partial charge on any atom is -0.326 e. The number of aryl methyl sites for hydroxylation is 1. The van der Waals surface area contributed by atoms with Crippen molar-refractivity contribution in [1.29, 1.82) is 0 Å². The number of thiazole rings is 1. The van der Waals surface area contributed by atoms with E-state index in [0.29, 0.717) is 12.4 Å². The van der Waals surface area contributed by atoms with Gasteiger partial charge in [0.25, 0.3) is 0 Å². The molecule has 1 amide bonds. The van der Waals surface area contributed by atoms with Gasteiger partial charge in [0.2, 0.25) is 5.91 Å². The van der Waals surface area contributed by atoms with Crippen molar-refractivity contribution in [3.8, 4) is 32.5 Å². The van der Waals surface area contributed by atoms with Gasteiger partial charge in [0, 0.05) is 46.8 Å². The van der Waals surface area contributed by atoms with Crippen LogP contribution in [0.5, 0.6) is 0 Å². The van der Waals surface area contributed by atoms with Crippen LogP contribution in [0.1, 0.15) is 12.5 Å². The first-order valence-electron chi connectivity index (χ1n) is 9.60. The highest BCUT2D eigenvalue weighted by Crippen LogP contribution is 2.41. The average molecular weight is 541 g/mol. The van der Waals surface area contributed by atoms with Crippen molar-refractivity contribution >= 4 is 45.7 Å². The topological polar surface area (TPSA) is 72.7 Å². The quantitative estimate of drug-likeness (QED) is 0.248. The highest BCUT2D eigenvalue weighted by Gasteiger charge is 2.21. The van der Waals surface area contributed by atoms with Gasteiger partial charge in [-0.25, -0.2) is 15.0 Å². The van der Waals surface area contributed by atoms with Crippen molar-refractivity contribution in [2.24, 2.45) is 0 Å². The van der Waals surface area contributed by atoms with Crippen LogP contribution < -0.4 is 5.32 Å². The number of nitrogens with one attached hydrogen (secondary N) is 1. The number of hydrogen-bond acceptors (Lipinski definition) is 5. The largest absolute Gasteiger partial charge is 0.326 e. The maximum atomic E-state index is 11.4. The molecule has 156 valence electrons. The monoisotopic (exact) mass is 541 g/mol. The number of pyridine rings is 1. The van der Waals surface area contributed by atoms with Crippen LogP contribution in [0, 0.1) is 10.5 Å². The number of carbonyl (C=O) groups is 1. The molecule has 0 saturated carbocycles. The summed E-state index contributed by atoms with van der Waals surface area (Å²) in [5.41, 5.74) is 4.04. The Labute approximate surface area is 198 Å². The van der Waals surface area contributed by atoms with E-state index in [0.717, 1.165) is 36.1 Å². The van der Waals surface area contributed by atoms with Crippen LogP contribution in [0.2, 0.25) is 0 Å². The summed E-state index contributed by atoms with van der Waals surface area (Å²) < 4.78 is 3.19. The van der Waals surface area contributed by atoms with Gasteiger partial charge in [-0.05, 0) is 47.7 Å². The number of anilines is 1. The van der Waals surface area contributed by atoms with E-state index >= 15 is 0 Å². The van der Waals surface area contributed by atoms with Gasteiger partial charge in [0.15, 0.2) is 5.82 Å². The Kier molecular flexibility index (Phi) is 6.28. The summed E-state index contributed by atoms with van der Waals surface area (Å²) in [6.07, 6.45) is 7.27. The standard InChI is InChI=1S/C23H20IN5OS/c1-4-10-29-11-9-26-22(29)21-20(17-6-5-14(2)12-18(17)24)28-23(31-21)16-7-8-25-19(13-16)27-15(3)30/h4-9,11-13H,1,10H2,2-3H3,(H,25,27,30). The lowest BCUT2D eigenvalue weighted by Crippen LogP contribution is -2.07. The van der Waals surface area contributed by atoms with E-state index in [1.807, 2.05) is 24.4 Å². The van der Waals surface area contributed by atoms with E-state index in [4.69, 9.17) is 4.98 Å². The Morgan fingerprint density at radius 3 is 2.84 bits per heavy atom. The molecule has 0 aliphatic rings. The van der Waals surface area contributed by atoms with Crippen LogP contribution in [0.15, 0.2) is 61.6 Å². The summed E-state index contributed by atoms with van der Waals surface area (Å²) in [6.45, 7) is 8.06. The van der Waals surface area contributed by atoms with Crippen molar-refractivity contribution in [1.82, 2.24) is 19.5 Å². The van der Waals surface area contributed by atoms with E-state index in [1.54, 1.807) is 23.7 Å². The van der Waals surface area contributed by atoms with Crippen molar-refractivity contribution in [3.63, 3.8) is 0 Å². The Hall–Kier alpha value is -2.85. The molecule has 31 heavy (non-hydrogen) atoms. The Morgan fingerprint density at radius 2 is 2.10 bits per heavy atom. The maximum Gasteiger partial charge on any atom is 0.222 e. The third kappa shape index (κ3) is 4.59. The van der Waals surface area contributed by atoms with Gasteiger partial charge in [0.1, 0.15) is 10.8 Å². The molecule has 4 rings (SSSR count). The fraction of sp³-hybridized carbons (Fsp3) is 0.130. The molecule has 0 aliphatic carbocycles. The fourth-order valence-corrected chi connectivity index (χ4v) is 5.22. The summed E-state index contributed by atoms with van der Waals surface area (Å²) >= 11 is 3.93. The van der Waals surface area contributed by atoms with Crippen molar-refractivity contribution in [2.75, 3.05) is 5.32 Å². The number of amides is 1. The number of imidazole rings is 1. The second-order valence-corrected chi connectivity index (χ2v) is 9.14. The van der Waals surface area contributed by atoms with E-state index < -0.39 is 0 Å². The molecule has 0 fully saturated rings. The molecule has 3 aromatic heterocycles. The highest BCUT2D eigenvalue weighted by molar-refractivity contribution is 14.1. The molecule has 8 heteroatoms. The van der Waals surface area contributed by atoms with E-state index in [1.165, 1.54) is 12.5 Å². The molecular weight excluding hydrogens is 521 g/mol. The second-order valence-electron chi connectivity index (χ2n) is 6.98. The summed E-state index contributed by atoms with van der Waals surface area (Å²) in [6, 6.07) is 10.1. The number of allylic oxidation sites excluding steroid dienone is 1. The van der Waals surface area contributed by atoms with Gasteiger partial charge in [0.05, 0.1) is 10.6 Å².